The molecule has 1 N–H and O–H groups in total. The van der Waals surface area contributed by atoms with E-state index in [9.17, 15) is 4.79 Å². The Labute approximate surface area is 148 Å². The van der Waals surface area contributed by atoms with Gasteiger partial charge in [0.15, 0.2) is 0 Å². The molecule has 1 aliphatic rings. The Bertz CT molecular complexity index is 891. The van der Waals surface area contributed by atoms with Gasteiger partial charge in [-0.3, -0.25) is 9.69 Å². The molecule has 1 aromatic heterocycles. The number of amides is 1. The second-order valence-corrected chi connectivity index (χ2v) is 6.84. The molecule has 128 valence electrons. The Morgan fingerprint density at radius 2 is 1.88 bits per heavy atom. The van der Waals surface area contributed by atoms with E-state index in [1.165, 1.54) is 11.1 Å². The number of benzene rings is 2. The molecule has 25 heavy (non-hydrogen) atoms. The number of hydrogen-bond donors (Lipinski definition) is 1. The van der Waals surface area contributed by atoms with E-state index in [1.807, 2.05) is 35.4 Å². The van der Waals surface area contributed by atoms with E-state index in [0.717, 1.165) is 49.2 Å². The van der Waals surface area contributed by atoms with Crippen LogP contribution in [0.15, 0.2) is 54.7 Å². The monoisotopic (exact) mass is 333 g/mol. The van der Waals surface area contributed by atoms with Gasteiger partial charge in [0.2, 0.25) is 0 Å². The van der Waals surface area contributed by atoms with Crippen LogP contribution in [0.5, 0.6) is 0 Å². The topological polar surface area (TPSA) is 39.3 Å². The number of fused-ring (bicyclic) bond motifs is 1. The molecule has 0 atom stereocenters. The maximum Gasteiger partial charge on any atom is 0.253 e. The summed E-state index contributed by atoms with van der Waals surface area (Å²) in [5, 5.41) is 1.09. The quantitative estimate of drug-likeness (QED) is 0.797. The van der Waals surface area contributed by atoms with E-state index in [0.29, 0.717) is 0 Å². The third-order valence-corrected chi connectivity index (χ3v) is 4.95. The van der Waals surface area contributed by atoms with E-state index in [2.05, 4.69) is 41.1 Å². The van der Waals surface area contributed by atoms with Crippen LogP contribution in [0.3, 0.4) is 0 Å². The lowest BCUT2D eigenvalue weighted by Gasteiger charge is -2.34. The van der Waals surface area contributed by atoms with Crippen LogP contribution in [0.25, 0.3) is 10.9 Å². The van der Waals surface area contributed by atoms with Gasteiger partial charge in [-0.15, -0.1) is 0 Å². The van der Waals surface area contributed by atoms with Crippen molar-refractivity contribution in [3.63, 3.8) is 0 Å². The Hall–Kier alpha value is -2.59. The van der Waals surface area contributed by atoms with Crippen molar-refractivity contribution in [1.29, 1.82) is 0 Å². The molecule has 1 amide bonds. The van der Waals surface area contributed by atoms with Gasteiger partial charge in [-0.2, -0.15) is 0 Å². The molecule has 0 aliphatic carbocycles. The van der Waals surface area contributed by atoms with Gasteiger partial charge >= 0.3 is 0 Å². The van der Waals surface area contributed by atoms with Crippen molar-refractivity contribution in [3.05, 3.63) is 71.4 Å². The summed E-state index contributed by atoms with van der Waals surface area (Å²) in [6.45, 7) is 6.50. The number of aromatic nitrogens is 1. The standard InChI is InChI=1S/C21H23N3O/c1-16-3-2-4-17(13-16)15-23-9-11-24(12-10-23)21(25)19-5-6-20-18(14-19)7-8-22-20/h2-8,13-14,22H,9-12,15H2,1H3. The first-order chi connectivity index (χ1) is 12.2. The molecule has 1 aliphatic heterocycles. The van der Waals surface area contributed by atoms with E-state index >= 15 is 0 Å². The van der Waals surface area contributed by atoms with Crippen LogP contribution in [-0.4, -0.2) is 46.9 Å². The highest BCUT2D eigenvalue weighted by atomic mass is 16.2. The number of aryl methyl sites for hydroxylation is 1. The summed E-state index contributed by atoms with van der Waals surface area (Å²) in [5.41, 5.74) is 4.49. The van der Waals surface area contributed by atoms with Crippen LogP contribution in [-0.2, 0) is 6.54 Å². The van der Waals surface area contributed by atoms with Crippen LogP contribution in [0.2, 0.25) is 0 Å². The van der Waals surface area contributed by atoms with Gasteiger partial charge in [-0.1, -0.05) is 29.8 Å². The van der Waals surface area contributed by atoms with Gasteiger partial charge in [-0.05, 0) is 36.8 Å². The fraction of sp³-hybridized carbons (Fsp3) is 0.286. The van der Waals surface area contributed by atoms with Gasteiger partial charge in [0.25, 0.3) is 5.91 Å². The summed E-state index contributed by atoms with van der Waals surface area (Å²) >= 11 is 0. The minimum atomic E-state index is 0.137. The van der Waals surface area contributed by atoms with Crippen molar-refractivity contribution in [3.8, 4) is 0 Å². The van der Waals surface area contributed by atoms with Gasteiger partial charge < -0.3 is 9.88 Å². The first-order valence-corrected chi connectivity index (χ1v) is 8.83. The van der Waals surface area contributed by atoms with Gasteiger partial charge in [0.1, 0.15) is 0 Å². The molecular weight excluding hydrogens is 310 g/mol. The zero-order chi connectivity index (χ0) is 17.2. The number of piperazine rings is 1. The molecule has 2 heterocycles. The maximum absolute atomic E-state index is 12.8. The predicted molar refractivity (Wildman–Crippen MR) is 101 cm³/mol. The first-order valence-electron chi connectivity index (χ1n) is 8.83. The zero-order valence-electron chi connectivity index (χ0n) is 14.5. The molecule has 0 saturated carbocycles. The van der Waals surface area contributed by atoms with Crippen LogP contribution in [0.1, 0.15) is 21.5 Å². The van der Waals surface area contributed by atoms with Crippen LogP contribution < -0.4 is 0 Å². The minimum absolute atomic E-state index is 0.137. The summed E-state index contributed by atoms with van der Waals surface area (Å²) in [5.74, 6) is 0.137. The highest BCUT2D eigenvalue weighted by molar-refractivity contribution is 5.98. The van der Waals surface area contributed by atoms with E-state index in [4.69, 9.17) is 0 Å². The minimum Gasteiger partial charge on any atom is -0.361 e. The van der Waals surface area contributed by atoms with Gasteiger partial charge in [-0.25, -0.2) is 0 Å². The summed E-state index contributed by atoms with van der Waals surface area (Å²) in [4.78, 5) is 20.3. The predicted octanol–water partition coefficient (Wildman–Crippen LogP) is 3.43. The van der Waals surface area contributed by atoms with Crippen LogP contribution in [0, 0.1) is 6.92 Å². The Morgan fingerprint density at radius 3 is 2.68 bits per heavy atom. The molecule has 2 aromatic carbocycles. The number of hydrogen-bond acceptors (Lipinski definition) is 2. The lowest BCUT2D eigenvalue weighted by molar-refractivity contribution is 0.0628. The number of H-pyrrole nitrogens is 1. The van der Waals surface area contributed by atoms with Crippen molar-refractivity contribution < 1.29 is 4.79 Å². The summed E-state index contributed by atoms with van der Waals surface area (Å²) < 4.78 is 0. The fourth-order valence-electron chi connectivity index (χ4n) is 3.55. The van der Waals surface area contributed by atoms with Crippen molar-refractivity contribution in [2.24, 2.45) is 0 Å². The summed E-state index contributed by atoms with van der Waals surface area (Å²) in [6.07, 6.45) is 1.91. The van der Waals surface area contributed by atoms with Crippen molar-refractivity contribution in [2.45, 2.75) is 13.5 Å². The maximum atomic E-state index is 12.8. The summed E-state index contributed by atoms with van der Waals surface area (Å²) in [6, 6.07) is 16.5. The van der Waals surface area contributed by atoms with E-state index in [-0.39, 0.29) is 5.91 Å². The molecule has 1 saturated heterocycles. The molecule has 4 rings (SSSR count). The number of carbonyl (C=O) groups is 1. The second-order valence-electron chi connectivity index (χ2n) is 6.84. The molecular formula is C21H23N3O. The van der Waals surface area contributed by atoms with Crippen molar-refractivity contribution in [1.82, 2.24) is 14.8 Å². The molecule has 0 unspecified atom stereocenters. The molecule has 3 aromatic rings. The van der Waals surface area contributed by atoms with Crippen LogP contribution >= 0.6 is 0 Å². The average Bonchev–Trinajstić information content (AvgIpc) is 3.09. The third kappa shape index (κ3) is 3.44. The van der Waals surface area contributed by atoms with Crippen LogP contribution in [0.4, 0.5) is 0 Å². The number of carbonyl (C=O) groups excluding carboxylic acids is 1. The largest absolute Gasteiger partial charge is 0.361 e. The Kier molecular flexibility index (Phi) is 4.28. The molecule has 1 fully saturated rings. The molecule has 0 bridgehead atoms. The second kappa shape index (κ2) is 6.73. The molecule has 4 nitrogen and oxygen atoms in total. The SMILES string of the molecule is Cc1cccc(CN2CCN(C(=O)c3ccc4[nH]ccc4c3)CC2)c1. The zero-order valence-corrected chi connectivity index (χ0v) is 14.5. The Morgan fingerprint density at radius 1 is 1.04 bits per heavy atom. The molecule has 0 spiro atoms. The Balaban J connectivity index is 1.38. The molecule has 0 radical (unpaired) electrons. The number of nitrogens with zero attached hydrogens (tertiary/aromatic N) is 2. The number of rotatable bonds is 3. The summed E-state index contributed by atoms with van der Waals surface area (Å²) in [7, 11) is 0. The first kappa shape index (κ1) is 15.9. The van der Waals surface area contributed by atoms with Crippen molar-refractivity contribution in [2.75, 3.05) is 26.2 Å². The van der Waals surface area contributed by atoms with E-state index in [1.54, 1.807) is 0 Å². The lowest BCUT2D eigenvalue weighted by Crippen LogP contribution is -2.48. The van der Waals surface area contributed by atoms with E-state index < -0.39 is 0 Å². The highest BCUT2D eigenvalue weighted by Gasteiger charge is 2.22. The number of nitrogens with one attached hydrogen (secondary N) is 1. The van der Waals surface area contributed by atoms with Gasteiger partial charge in [0.05, 0.1) is 0 Å². The third-order valence-electron chi connectivity index (χ3n) is 4.95. The molecule has 4 heteroatoms. The highest BCUT2D eigenvalue weighted by Crippen LogP contribution is 2.17. The van der Waals surface area contributed by atoms with Gasteiger partial charge in [0, 0.05) is 55.4 Å². The number of aromatic amines is 1. The fourth-order valence-corrected chi connectivity index (χ4v) is 3.55. The smallest absolute Gasteiger partial charge is 0.253 e. The average molecular weight is 333 g/mol. The normalized spacial score (nSPS) is 15.6. The van der Waals surface area contributed by atoms with Crippen molar-refractivity contribution >= 4 is 16.8 Å². The lowest BCUT2D eigenvalue weighted by atomic mass is 10.1.